The molecule has 0 aliphatic carbocycles. The first kappa shape index (κ1) is 14.3. The first-order valence-electron chi connectivity index (χ1n) is 5.91. The fourth-order valence-corrected chi connectivity index (χ4v) is 1.07. The number of rotatable bonds is 6. The molecule has 0 fully saturated rings. The number of nitrogens with zero attached hydrogens (tertiary/aromatic N) is 1. The van der Waals surface area contributed by atoms with Crippen LogP contribution in [0.2, 0.25) is 0 Å². The maximum Gasteiger partial charge on any atom is 0.138 e. The molecule has 0 bridgehead atoms. The second kappa shape index (κ2) is 6.76. The molecule has 0 saturated heterocycles. The first-order chi connectivity index (χ1) is 6.88. The van der Waals surface area contributed by atoms with Gasteiger partial charge in [-0.25, -0.2) is 0 Å². The molecule has 0 aromatic carbocycles. The number of Topliss-reactive ketones (excluding diaryl/α,β-unsaturated/α-hetero) is 1. The number of hydrogen-bond donors (Lipinski definition) is 0. The van der Waals surface area contributed by atoms with Gasteiger partial charge < -0.3 is 0 Å². The molecule has 0 heterocycles. The lowest BCUT2D eigenvalue weighted by Crippen LogP contribution is -2.19. The van der Waals surface area contributed by atoms with Crippen LogP contribution in [0.4, 0.5) is 0 Å². The summed E-state index contributed by atoms with van der Waals surface area (Å²) in [6.07, 6.45) is 4.66. The van der Waals surface area contributed by atoms with Crippen LogP contribution < -0.4 is 0 Å². The summed E-state index contributed by atoms with van der Waals surface area (Å²) in [5.74, 6) is 0.893. The van der Waals surface area contributed by atoms with Gasteiger partial charge in [0.2, 0.25) is 0 Å². The van der Waals surface area contributed by atoms with Crippen molar-refractivity contribution in [2.75, 3.05) is 6.54 Å². The summed E-state index contributed by atoms with van der Waals surface area (Å²) < 4.78 is 0. The lowest BCUT2D eigenvalue weighted by molar-refractivity contribution is -0.126. The molecule has 0 saturated carbocycles. The standard InChI is InChI=1S/C13H25NO/c1-6-11(2)10-14-9-7-8-12(15)13(3,4)5/h10-11H,6-9H2,1-5H3/b14-10-. The van der Waals surface area contributed by atoms with E-state index in [1.807, 2.05) is 27.0 Å². The topological polar surface area (TPSA) is 29.4 Å². The molecule has 0 aliphatic heterocycles. The molecule has 1 unspecified atom stereocenters. The fraction of sp³-hybridized carbons (Fsp3) is 0.846. The number of carbonyl (C=O) groups excluding carboxylic acids is 1. The molecule has 0 radical (unpaired) electrons. The molecule has 15 heavy (non-hydrogen) atoms. The van der Waals surface area contributed by atoms with Crippen LogP contribution in [0.3, 0.4) is 0 Å². The Balaban J connectivity index is 3.64. The van der Waals surface area contributed by atoms with E-state index in [0.717, 1.165) is 19.4 Å². The van der Waals surface area contributed by atoms with Gasteiger partial charge in [0.05, 0.1) is 0 Å². The molecule has 0 aromatic rings. The van der Waals surface area contributed by atoms with Crippen LogP contribution in [0.5, 0.6) is 0 Å². The van der Waals surface area contributed by atoms with E-state index in [2.05, 4.69) is 18.8 Å². The second-order valence-electron chi connectivity index (χ2n) is 5.22. The van der Waals surface area contributed by atoms with Gasteiger partial charge >= 0.3 is 0 Å². The molecule has 1 atom stereocenters. The van der Waals surface area contributed by atoms with E-state index in [9.17, 15) is 4.79 Å². The third kappa shape index (κ3) is 7.29. The fourth-order valence-electron chi connectivity index (χ4n) is 1.07. The summed E-state index contributed by atoms with van der Waals surface area (Å²) >= 11 is 0. The SMILES string of the molecule is CCC(C)/C=N\CCCC(=O)C(C)(C)C. The molecule has 2 heteroatoms. The summed E-state index contributed by atoms with van der Waals surface area (Å²) in [6.45, 7) is 11.0. The number of carbonyl (C=O) groups is 1. The van der Waals surface area contributed by atoms with E-state index >= 15 is 0 Å². The largest absolute Gasteiger partial charge is 0.299 e. The molecule has 0 N–H and O–H groups in total. The summed E-state index contributed by atoms with van der Waals surface area (Å²) in [7, 11) is 0. The molecular weight excluding hydrogens is 186 g/mol. The van der Waals surface area contributed by atoms with Crippen molar-refractivity contribution in [3.63, 3.8) is 0 Å². The monoisotopic (exact) mass is 211 g/mol. The third-order valence-corrected chi connectivity index (χ3v) is 2.53. The van der Waals surface area contributed by atoms with Crippen LogP contribution in [0.1, 0.15) is 53.9 Å². The quantitative estimate of drug-likeness (QED) is 0.488. The molecule has 0 aliphatic rings. The number of hydrogen-bond acceptors (Lipinski definition) is 2. The minimum Gasteiger partial charge on any atom is -0.299 e. The average molecular weight is 211 g/mol. The highest BCUT2D eigenvalue weighted by Gasteiger charge is 2.19. The Morgan fingerprint density at radius 1 is 1.40 bits per heavy atom. The summed E-state index contributed by atoms with van der Waals surface area (Å²) in [4.78, 5) is 15.9. The zero-order valence-corrected chi connectivity index (χ0v) is 10.8. The maximum absolute atomic E-state index is 11.6. The van der Waals surface area contributed by atoms with Gasteiger partial charge in [-0.3, -0.25) is 9.79 Å². The van der Waals surface area contributed by atoms with E-state index in [1.54, 1.807) is 0 Å². The van der Waals surface area contributed by atoms with Crippen molar-refractivity contribution in [3.8, 4) is 0 Å². The maximum atomic E-state index is 11.6. The Bertz CT molecular complexity index is 213. The summed E-state index contributed by atoms with van der Waals surface area (Å²) in [5.41, 5.74) is -0.194. The summed E-state index contributed by atoms with van der Waals surface area (Å²) in [5, 5.41) is 0. The highest BCUT2D eigenvalue weighted by molar-refractivity contribution is 5.83. The van der Waals surface area contributed by atoms with Crippen molar-refractivity contribution in [2.24, 2.45) is 16.3 Å². The molecule has 2 nitrogen and oxygen atoms in total. The highest BCUT2D eigenvalue weighted by Crippen LogP contribution is 2.17. The molecular formula is C13H25NO. The van der Waals surface area contributed by atoms with Gasteiger partial charge in [0.1, 0.15) is 5.78 Å². The lowest BCUT2D eigenvalue weighted by atomic mass is 9.88. The smallest absolute Gasteiger partial charge is 0.138 e. The van der Waals surface area contributed by atoms with Crippen molar-refractivity contribution >= 4 is 12.0 Å². The van der Waals surface area contributed by atoms with E-state index in [0.29, 0.717) is 18.1 Å². The Morgan fingerprint density at radius 3 is 2.47 bits per heavy atom. The van der Waals surface area contributed by atoms with Crippen LogP contribution in [0, 0.1) is 11.3 Å². The van der Waals surface area contributed by atoms with Gasteiger partial charge in [-0.2, -0.15) is 0 Å². The Kier molecular flexibility index (Phi) is 6.46. The van der Waals surface area contributed by atoms with Gasteiger partial charge in [-0.15, -0.1) is 0 Å². The molecule has 0 rings (SSSR count). The predicted molar refractivity (Wildman–Crippen MR) is 66.5 cm³/mol. The molecule has 0 aromatic heterocycles. The number of aliphatic imine (C=N–C) groups is 1. The van der Waals surface area contributed by atoms with E-state index in [1.165, 1.54) is 0 Å². The Hall–Kier alpha value is -0.660. The highest BCUT2D eigenvalue weighted by atomic mass is 16.1. The summed E-state index contributed by atoms with van der Waals surface area (Å²) in [6, 6.07) is 0. The van der Waals surface area contributed by atoms with Gasteiger partial charge in [-0.1, -0.05) is 34.6 Å². The van der Waals surface area contributed by atoms with Crippen molar-refractivity contribution < 1.29 is 4.79 Å². The second-order valence-corrected chi connectivity index (χ2v) is 5.22. The van der Waals surface area contributed by atoms with Gasteiger partial charge in [0, 0.05) is 24.6 Å². The van der Waals surface area contributed by atoms with Crippen LogP contribution in [-0.4, -0.2) is 18.5 Å². The van der Waals surface area contributed by atoms with Crippen molar-refractivity contribution in [2.45, 2.75) is 53.9 Å². The van der Waals surface area contributed by atoms with Crippen LogP contribution in [-0.2, 0) is 4.79 Å². The molecule has 88 valence electrons. The van der Waals surface area contributed by atoms with E-state index in [-0.39, 0.29) is 5.41 Å². The van der Waals surface area contributed by atoms with Crippen LogP contribution >= 0.6 is 0 Å². The van der Waals surface area contributed by atoms with Gasteiger partial charge in [0.25, 0.3) is 0 Å². The Labute approximate surface area is 94.2 Å². The van der Waals surface area contributed by atoms with E-state index in [4.69, 9.17) is 0 Å². The van der Waals surface area contributed by atoms with Gasteiger partial charge in [-0.05, 0) is 18.8 Å². The van der Waals surface area contributed by atoms with Crippen molar-refractivity contribution in [1.29, 1.82) is 0 Å². The van der Waals surface area contributed by atoms with Crippen LogP contribution in [0.25, 0.3) is 0 Å². The molecule has 0 spiro atoms. The zero-order chi connectivity index (χ0) is 11.9. The third-order valence-electron chi connectivity index (χ3n) is 2.53. The average Bonchev–Trinajstić information content (AvgIpc) is 2.15. The molecule has 0 amide bonds. The zero-order valence-electron chi connectivity index (χ0n) is 10.8. The first-order valence-corrected chi connectivity index (χ1v) is 5.91. The minimum absolute atomic E-state index is 0.194. The normalized spacial score (nSPS) is 14.5. The van der Waals surface area contributed by atoms with Crippen molar-refractivity contribution in [3.05, 3.63) is 0 Å². The predicted octanol–water partition coefficient (Wildman–Crippen LogP) is 3.50. The number of ketones is 1. The minimum atomic E-state index is -0.194. The van der Waals surface area contributed by atoms with E-state index < -0.39 is 0 Å². The van der Waals surface area contributed by atoms with Crippen LogP contribution in [0.15, 0.2) is 4.99 Å². The van der Waals surface area contributed by atoms with Gasteiger partial charge in [0.15, 0.2) is 0 Å². The Morgan fingerprint density at radius 2 is 2.00 bits per heavy atom. The lowest BCUT2D eigenvalue weighted by Gasteiger charge is -2.15. The van der Waals surface area contributed by atoms with Crippen molar-refractivity contribution in [1.82, 2.24) is 0 Å².